The standard InChI is InChI=1S/C15H19NS/c1-11-5-4-6-13(9-11)10-14(16-3)15-12(2)7-8-17-15/h4-9,14,16H,10H2,1-3H3. The van der Waals surface area contributed by atoms with E-state index < -0.39 is 0 Å². The molecule has 1 N–H and O–H groups in total. The van der Waals surface area contributed by atoms with Crippen molar-refractivity contribution >= 4 is 11.3 Å². The number of benzene rings is 1. The van der Waals surface area contributed by atoms with Crippen LogP contribution >= 0.6 is 11.3 Å². The summed E-state index contributed by atoms with van der Waals surface area (Å²) in [6.07, 6.45) is 1.06. The van der Waals surface area contributed by atoms with E-state index in [2.05, 4.69) is 54.9 Å². The molecule has 1 aromatic heterocycles. The Kier molecular flexibility index (Phi) is 3.97. The van der Waals surface area contributed by atoms with Gasteiger partial charge in [0.1, 0.15) is 0 Å². The highest BCUT2D eigenvalue weighted by molar-refractivity contribution is 7.10. The van der Waals surface area contributed by atoms with Gasteiger partial charge in [0, 0.05) is 10.9 Å². The fourth-order valence-electron chi connectivity index (χ4n) is 2.14. The summed E-state index contributed by atoms with van der Waals surface area (Å²) >= 11 is 1.84. The third kappa shape index (κ3) is 2.96. The Bertz CT molecular complexity index is 487. The molecular formula is C15H19NS. The van der Waals surface area contributed by atoms with Crippen molar-refractivity contribution in [3.63, 3.8) is 0 Å². The quantitative estimate of drug-likeness (QED) is 0.862. The van der Waals surface area contributed by atoms with Crippen LogP contribution in [0.2, 0.25) is 0 Å². The number of hydrogen-bond donors (Lipinski definition) is 1. The van der Waals surface area contributed by atoms with Crippen LogP contribution in [-0.2, 0) is 6.42 Å². The van der Waals surface area contributed by atoms with Crippen molar-refractivity contribution < 1.29 is 0 Å². The monoisotopic (exact) mass is 245 g/mol. The lowest BCUT2D eigenvalue weighted by Crippen LogP contribution is -2.18. The summed E-state index contributed by atoms with van der Waals surface area (Å²) in [6.45, 7) is 4.33. The number of likely N-dealkylation sites (N-methyl/N-ethyl adjacent to an activating group) is 1. The molecule has 1 heterocycles. The topological polar surface area (TPSA) is 12.0 Å². The van der Waals surface area contributed by atoms with Crippen LogP contribution in [-0.4, -0.2) is 7.05 Å². The van der Waals surface area contributed by atoms with Crippen molar-refractivity contribution in [1.82, 2.24) is 5.32 Å². The normalized spacial score (nSPS) is 12.6. The number of hydrogen-bond acceptors (Lipinski definition) is 2. The second kappa shape index (κ2) is 5.48. The third-order valence-electron chi connectivity index (χ3n) is 3.09. The molecule has 0 spiro atoms. The molecule has 0 radical (unpaired) electrons. The van der Waals surface area contributed by atoms with Gasteiger partial charge in [-0.2, -0.15) is 0 Å². The summed E-state index contributed by atoms with van der Waals surface area (Å²) in [6, 6.07) is 11.4. The van der Waals surface area contributed by atoms with Gasteiger partial charge in [-0.05, 0) is 49.9 Å². The average molecular weight is 245 g/mol. The molecule has 2 aromatic rings. The Hall–Kier alpha value is -1.12. The first kappa shape index (κ1) is 12.3. The average Bonchev–Trinajstić information content (AvgIpc) is 2.72. The molecule has 0 saturated carbocycles. The lowest BCUT2D eigenvalue weighted by Gasteiger charge is -2.16. The molecule has 2 rings (SSSR count). The third-order valence-corrected chi connectivity index (χ3v) is 4.22. The highest BCUT2D eigenvalue weighted by Crippen LogP contribution is 2.26. The van der Waals surface area contributed by atoms with Crippen molar-refractivity contribution in [3.05, 3.63) is 57.3 Å². The number of aryl methyl sites for hydroxylation is 2. The zero-order valence-electron chi connectivity index (χ0n) is 10.7. The van der Waals surface area contributed by atoms with Gasteiger partial charge in [-0.1, -0.05) is 29.8 Å². The van der Waals surface area contributed by atoms with Crippen molar-refractivity contribution in [3.8, 4) is 0 Å². The van der Waals surface area contributed by atoms with Crippen LogP contribution in [0.25, 0.3) is 0 Å². The molecule has 2 heteroatoms. The van der Waals surface area contributed by atoms with Gasteiger partial charge in [-0.15, -0.1) is 11.3 Å². The van der Waals surface area contributed by atoms with Gasteiger partial charge in [0.05, 0.1) is 0 Å². The molecule has 0 bridgehead atoms. The maximum Gasteiger partial charge on any atom is 0.0455 e. The molecule has 1 unspecified atom stereocenters. The molecule has 0 aliphatic rings. The predicted octanol–water partition coefficient (Wildman–Crippen LogP) is 3.87. The Morgan fingerprint density at radius 2 is 2.06 bits per heavy atom. The van der Waals surface area contributed by atoms with E-state index >= 15 is 0 Å². The first-order chi connectivity index (χ1) is 8.20. The van der Waals surface area contributed by atoms with Gasteiger partial charge < -0.3 is 5.32 Å². The molecule has 1 atom stereocenters. The molecule has 90 valence electrons. The van der Waals surface area contributed by atoms with Crippen LogP contribution in [0.4, 0.5) is 0 Å². The molecule has 0 aliphatic carbocycles. The van der Waals surface area contributed by atoms with Crippen molar-refractivity contribution in [2.24, 2.45) is 0 Å². The van der Waals surface area contributed by atoms with Crippen LogP contribution in [0.1, 0.15) is 27.6 Å². The SMILES string of the molecule is CNC(Cc1cccc(C)c1)c1sccc1C. The van der Waals surface area contributed by atoms with Crippen LogP contribution in [0.3, 0.4) is 0 Å². The molecule has 17 heavy (non-hydrogen) atoms. The minimum absolute atomic E-state index is 0.428. The summed E-state index contributed by atoms with van der Waals surface area (Å²) in [5, 5.41) is 5.60. The van der Waals surface area contributed by atoms with E-state index in [-0.39, 0.29) is 0 Å². The minimum atomic E-state index is 0.428. The lowest BCUT2D eigenvalue weighted by molar-refractivity contribution is 0.599. The summed E-state index contributed by atoms with van der Waals surface area (Å²) in [5.41, 5.74) is 4.12. The zero-order valence-corrected chi connectivity index (χ0v) is 11.5. The molecule has 0 fully saturated rings. The maximum atomic E-state index is 3.42. The van der Waals surface area contributed by atoms with Crippen LogP contribution in [0, 0.1) is 13.8 Å². The van der Waals surface area contributed by atoms with Crippen LogP contribution in [0.15, 0.2) is 35.7 Å². The van der Waals surface area contributed by atoms with Gasteiger partial charge in [-0.3, -0.25) is 0 Å². The van der Waals surface area contributed by atoms with E-state index in [1.54, 1.807) is 0 Å². The summed E-state index contributed by atoms with van der Waals surface area (Å²) < 4.78 is 0. The highest BCUT2D eigenvalue weighted by atomic mass is 32.1. The summed E-state index contributed by atoms with van der Waals surface area (Å²) in [5.74, 6) is 0. The van der Waals surface area contributed by atoms with E-state index in [4.69, 9.17) is 0 Å². The number of thiophene rings is 1. The van der Waals surface area contributed by atoms with Crippen molar-refractivity contribution in [2.45, 2.75) is 26.3 Å². The van der Waals surface area contributed by atoms with E-state index in [0.717, 1.165) is 6.42 Å². The second-order valence-electron chi connectivity index (χ2n) is 4.50. The fourth-order valence-corrected chi connectivity index (χ4v) is 3.18. The second-order valence-corrected chi connectivity index (χ2v) is 5.45. The smallest absolute Gasteiger partial charge is 0.0455 e. The van der Waals surface area contributed by atoms with Crippen LogP contribution in [0.5, 0.6) is 0 Å². The summed E-state index contributed by atoms with van der Waals surface area (Å²) in [4.78, 5) is 1.45. The first-order valence-electron chi connectivity index (χ1n) is 5.97. The predicted molar refractivity (Wildman–Crippen MR) is 75.7 cm³/mol. The van der Waals surface area contributed by atoms with Crippen molar-refractivity contribution in [2.75, 3.05) is 7.05 Å². The Balaban J connectivity index is 2.19. The van der Waals surface area contributed by atoms with Gasteiger partial charge in [0.25, 0.3) is 0 Å². The van der Waals surface area contributed by atoms with Gasteiger partial charge in [0.2, 0.25) is 0 Å². The molecule has 0 saturated heterocycles. The van der Waals surface area contributed by atoms with E-state index in [9.17, 15) is 0 Å². The molecule has 0 aliphatic heterocycles. The lowest BCUT2D eigenvalue weighted by atomic mass is 10.0. The Morgan fingerprint density at radius 1 is 1.24 bits per heavy atom. The zero-order chi connectivity index (χ0) is 12.3. The van der Waals surface area contributed by atoms with E-state index in [0.29, 0.717) is 6.04 Å². The first-order valence-corrected chi connectivity index (χ1v) is 6.85. The van der Waals surface area contributed by atoms with E-state index in [1.807, 2.05) is 18.4 Å². The Labute approximate surface area is 108 Å². The number of rotatable bonds is 4. The van der Waals surface area contributed by atoms with Crippen LogP contribution < -0.4 is 5.32 Å². The van der Waals surface area contributed by atoms with E-state index in [1.165, 1.54) is 21.6 Å². The Morgan fingerprint density at radius 3 is 2.65 bits per heavy atom. The molecule has 1 nitrogen and oxygen atoms in total. The highest BCUT2D eigenvalue weighted by Gasteiger charge is 2.13. The van der Waals surface area contributed by atoms with Gasteiger partial charge in [-0.25, -0.2) is 0 Å². The summed E-state index contributed by atoms with van der Waals surface area (Å²) in [7, 11) is 2.04. The minimum Gasteiger partial charge on any atom is -0.312 e. The maximum absolute atomic E-state index is 3.42. The van der Waals surface area contributed by atoms with Gasteiger partial charge in [0.15, 0.2) is 0 Å². The molecular weight excluding hydrogens is 226 g/mol. The number of nitrogens with one attached hydrogen (secondary N) is 1. The fraction of sp³-hybridized carbons (Fsp3) is 0.333. The largest absolute Gasteiger partial charge is 0.312 e. The van der Waals surface area contributed by atoms with Gasteiger partial charge >= 0.3 is 0 Å². The molecule has 1 aromatic carbocycles. The van der Waals surface area contributed by atoms with Crippen molar-refractivity contribution in [1.29, 1.82) is 0 Å². The molecule has 0 amide bonds.